The van der Waals surface area contributed by atoms with Crippen LogP contribution >= 0.6 is 0 Å². The number of hydrazine groups is 1. The van der Waals surface area contributed by atoms with Gasteiger partial charge in [0.2, 0.25) is 0 Å². The molecule has 114 valence electrons. The number of benzene rings is 1. The molecule has 0 bridgehead atoms. The van der Waals surface area contributed by atoms with Crippen molar-refractivity contribution in [2.75, 3.05) is 0 Å². The number of rotatable bonds is 6. The van der Waals surface area contributed by atoms with Crippen LogP contribution in [0.15, 0.2) is 24.3 Å². The predicted molar refractivity (Wildman–Crippen MR) is 82.2 cm³/mol. The van der Waals surface area contributed by atoms with Crippen LogP contribution in [0.1, 0.15) is 42.4 Å². The lowest BCUT2D eigenvalue weighted by Crippen LogP contribution is -2.31. The molecule has 1 aromatic heterocycles. The van der Waals surface area contributed by atoms with Gasteiger partial charge in [0.25, 0.3) is 0 Å². The van der Waals surface area contributed by atoms with E-state index in [1.54, 1.807) is 6.07 Å². The molecule has 3 N–H and O–H groups in total. The second-order valence-corrected chi connectivity index (χ2v) is 5.24. The summed E-state index contributed by atoms with van der Waals surface area (Å²) in [6, 6.07) is 7.03. The van der Waals surface area contributed by atoms with E-state index in [4.69, 9.17) is 5.84 Å². The first-order valence-corrected chi connectivity index (χ1v) is 7.36. The van der Waals surface area contributed by atoms with Crippen molar-refractivity contribution in [1.82, 2.24) is 15.2 Å². The number of hydrogen-bond donors (Lipinski definition) is 2. The number of nitrogens with zero attached hydrogens (tertiary/aromatic N) is 2. The first kappa shape index (κ1) is 15.7. The molecule has 0 saturated carbocycles. The largest absolute Gasteiger partial charge is 0.271 e. The second-order valence-electron chi connectivity index (χ2n) is 5.24. The lowest BCUT2D eigenvalue weighted by atomic mass is 10.0. The minimum absolute atomic E-state index is 0.226. The zero-order valence-corrected chi connectivity index (χ0v) is 12.9. The smallest absolute Gasteiger partial charge is 0.128 e. The maximum atomic E-state index is 14.1. The lowest BCUT2D eigenvalue weighted by molar-refractivity contribution is 0.489. The fraction of sp³-hybridized carbons (Fsp3) is 0.438. The lowest BCUT2D eigenvalue weighted by Gasteiger charge is -2.18. The molecule has 4 nitrogen and oxygen atoms in total. The predicted octanol–water partition coefficient (Wildman–Crippen LogP) is 2.66. The van der Waals surface area contributed by atoms with Gasteiger partial charge < -0.3 is 0 Å². The van der Waals surface area contributed by atoms with Crippen LogP contribution in [0, 0.1) is 12.7 Å². The summed E-state index contributed by atoms with van der Waals surface area (Å²) < 4.78 is 16.1. The molecule has 0 fully saturated rings. The van der Waals surface area contributed by atoms with Crippen LogP contribution in [0.5, 0.6) is 0 Å². The summed E-state index contributed by atoms with van der Waals surface area (Å²) in [5.74, 6) is 5.42. The van der Waals surface area contributed by atoms with Crippen LogP contribution in [-0.4, -0.2) is 9.78 Å². The monoisotopic (exact) mass is 290 g/mol. The number of nitrogens with two attached hydrogens (primary N) is 1. The maximum Gasteiger partial charge on any atom is 0.128 e. The first-order valence-electron chi connectivity index (χ1n) is 7.36. The Balaban J connectivity index is 2.28. The summed E-state index contributed by atoms with van der Waals surface area (Å²) >= 11 is 0. The Labute approximate surface area is 125 Å². The Morgan fingerprint density at radius 1 is 1.33 bits per heavy atom. The summed E-state index contributed by atoms with van der Waals surface area (Å²) in [4.78, 5) is 0. The Morgan fingerprint density at radius 3 is 2.67 bits per heavy atom. The van der Waals surface area contributed by atoms with Gasteiger partial charge in [-0.1, -0.05) is 19.1 Å². The van der Waals surface area contributed by atoms with Crippen molar-refractivity contribution in [3.05, 3.63) is 52.6 Å². The van der Waals surface area contributed by atoms with Crippen molar-refractivity contribution in [3.63, 3.8) is 0 Å². The van der Waals surface area contributed by atoms with E-state index >= 15 is 0 Å². The summed E-state index contributed by atoms with van der Waals surface area (Å²) in [6.45, 7) is 6.79. The van der Waals surface area contributed by atoms with Crippen LogP contribution in [-0.2, 0) is 19.4 Å². The SMILES string of the molecule is CCc1cc(CC(NN)c2ccc(C)cc2F)n(CC)n1. The van der Waals surface area contributed by atoms with E-state index < -0.39 is 0 Å². The van der Waals surface area contributed by atoms with Crippen LogP contribution < -0.4 is 11.3 Å². The quantitative estimate of drug-likeness (QED) is 0.635. The van der Waals surface area contributed by atoms with Crippen molar-refractivity contribution in [2.24, 2.45) is 5.84 Å². The minimum atomic E-state index is -0.266. The van der Waals surface area contributed by atoms with Crippen LogP contribution in [0.2, 0.25) is 0 Å². The molecule has 0 aliphatic heterocycles. The zero-order chi connectivity index (χ0) is 15.4. The first-order chi connectivity index (χ1) is 10.1. The molecule has 0 aliphatic rings. The number of aryl methyl sites for hydroxylation is 3. The molecule has 2 aromatic rings. The van der Waals surface area contributed by atoms with Gasteiger partial charge in [0.15, 0.2) is 0 Å². The molecule has 0 saturated heterocycles. The van der Waals surface area contributed by atoms with Crippen molar-refractivity contribution in [1.29, 1.82) is 0 Å². The highest BCUT2D eigenvalue weighted by Crippen LogP contribution is 2.22. The van der Waals surface area contributed by atoms with Crippen molar-refractivity contribution in [3.8, 4) is 0 Å². The maximum absolute atomic E-state index is 14.1. The fourth-order valence-electron chi connectivity index (χ4n) is 2.51. The van der Waals surface area contributed by atoms with Gasteiger partial charge in [-0.05, 0) is 38.0 Å². The molecule has 0 aliphatic carbocycles. The van der Waals surface area contributed by atoms with Crippen LogP contribution in [0.4, 0.5) is 4.39 Å². The Kier molecular flexibility index (Phi) is 5.09. The van der Waals surface area contributed by atoms with Crippen molar-refractivity contribution < 1.29 is 4.39 Å². The molecule has 0 radical (unpaired) electrons. The molecule has 1 heterocycles. The molecular formula is C16H23FN4. The molecule has 2 rings (SSSR count). The summed E-state index contributed by atoms with van der Waals surface area (Å²) in [5, 5.41) is 4.52. The molecule has 5 heteroatoms. The van der Waals surface area contributed by atoms with Crippen LogP contribution in [0.3, 0.4) is 0 Å². The Morgan fingerprint density at radius 2 is 2.10 bits per heavy atom. The number of halogens is 1. The molecule has 1 atom stereocenters. The van der Waals surface area contributed by atoms with Gasteiger partial charge in [0.05, 0.1) is 11.7 Å². The highest BCUT2D eigenvalue weighted by Gasteiger charge is 2.18. The van der Waals surface area contributed by atoms with Gasteiger partial charge >= 0.3 is 0 Å². The molecule has 0 amide bonds. The fourth-order valence-corrected chi connectivity index (χ4v) is 2.51. The molecule has 1 aromatic carbocycles. The Bertz CT molecular complexity index is 606. The minimum Gasteiger partial charge on any atom is -0.271 e. The molecule has 1 unspecified atom stereocenters. The van der Waals surface area contributed by atoms with Crippen molar-refractivity contribution in [2.45, 2.75) is 46.2 Å². The second kappa shape index (κ2) is 6.83. The third-order valence-corrected chi connectivity index (χ3v) is 3.72. The highest BCUT2D eigenvalue weighted by atomic mass is 19.1. The van der Waals surface area contributed by atoms with Gasteiger partial charge in [-0.3, -0.25) is 16.0 Å². The Hall–Kier alpha value is -1.72. The van der Waals surface area contributed by atoms with Gasteiger partial charge in [0.1, 0.15) is 5.82 Å². The third kappa shape index (κ3) is 3.49. The van der Waals surface area contributed by atoms with Gasteiger partial charge in [0, 0.05) is 24.2 Å². The van der Waals surface area contributed by atoms with Crippen LogP contribution in [0.25, 0.3) is 0 Å². The van der Waals surface area contributed by atoms with E-state index in [1.807, 2.05) is 24.6 Å². The zero-order valence-electron chi connectivity index (χ0n) is 12.9. The van der Waals surface area contributed by atoms with E-state index in [-0.39, 0.29) is 11.9 Å². The normalized spacial score (nSPS) is 12.6. The van der Waals surface area contributed by atoms with E-state index in [0.29, 0.717) is 12.0 Å². The van der Waals surface area contributed by atoms with E-state index in [0.717, 1.165) is 29.9 Å². The van der Waals surface area contributed by atoms with E-state index in [9.17, 15) is 4.39 Å². The third-order valence-electron chi connectivity index (χ3n) is 3.72. The van der Waals surface area contributed by atoms with Gasteiger partial charge in [-0.25, -0.2) is 4.39 Å². The van der Waals surface area contributed by atoms with Gasteiger partial charge in [-0.15, -0.1) is 0 Å². The summed E-state index contributed by atoms with van der Waals surface area (Å²) in [7, 11) is 0. The number of aromatic nitrogens is 2. The van der Waals surface area contributed by atoms with Gasteiger partial charge in [-0.2, -0.15) is 5.10 Å². The highest BCUT2D eigenvalue weighted by molar-refractivity contribution is 5.27. The molecular weight excluding hydrogens is 267 g/mol. The van der Waals surface area contributed by atoms with E-state index in [1.165, 1.54) is 6.07 Å². The molecule has 0 spiro atoms. The van der Waals surface area contributed by atoms with Crippen molar-refractivity contribution >= 4 is 0 Å². The average molecular weight is 290 g/mol. The molecule has 21 heavy (non-hydrogen) atoms. The topological polar surface area (TPSA) is 55.9 Å². The average Bonchev–Trinajstić information content (AvgIpc) is 2.87. The standard InChI is InChI=1S/C16H23FN4/c1-4-12-9-13(21(5-2)20-12)10-16(19-18)14-7-6-11(3)8-15(14)17/h6-9,16,19H,4-5,10,18H2,1-3H3. The summed E-state index contributed by atoms with van der Waals surface area (Å²) in [5.41, 5.74) is 6.33. The number of hydrogen-bond acceptors (Lipinski definition) is 3. The van der Waals surface area contributed by atoms with E-state index in [2.05, 4.69) is 23.5 Å². The summed E-state index contributed by atoms with van der Waals surface area (Å²) in [6.07, 6.45) is 1.50. The number of nitrogens with one attached hydrogen (secondary N) is 1.